The lowest BCUT2D eigenvalue weighted by Gasteiger charge is -2.30. The van der Waals surface area contributed by atoms with E-state index in [1.807, 2.05) is 0 Å². The number of hydrogen-bond acceptors (Lipinski definition) is 1. The molecule has 0 radical (unpaired) electrons. The van der Waals surface area contributed by atoms with E-state index in [4.69, 9.17) is 0 Å². The second kappa shape index (κ2) is 6.85. The smallest absolute Gasteiger partial charge is 0.139 e. The van der Waals surface area contributed by atoms with Crippen LogP contribution in [-0.2, 0) is 6.42 Å². The highest BCUT2D eigenvalue weighted by atomic mass is 15.2. The molecular weight excluding hydrogens is 205 g/mol. The minimum Gasteiger partial charge on any atom is -0.299 e. The maximum absolute atomic E-state index is 2.57. The summed E-state index contributed by atoms with van der Waals surface area (Å²) in [6.07, 6.45) is 2.45. The Balaban J connectivity index is 2.44. The lowest BCUT2D eigenvalue weighted by atomic mass is 9.88. The number of rotatable bonds is 6. The van der Waals surface area contributed by atoms with Crippen LogP contribution in [0.15, 0.2) is 24.3 Å². The molecule has 1 nitrogen and oxygen atoms in total. The molecule has 2 heteroatoms. The van der Waals surface area contributed by atoms with Crippen molar-refractivity contribution in [1.29, 1.82) is 0 Å². The van der Waals surface area contributed by atoms with Crippen molar-refractivity contribution in [2.45, 2.75) is 52.6 Å². The molecule has 0 spiro atoms. The van der Waals surface area contributed by atoms with Gasteiger partial charge in [-0.25, -0.2) is 0 Å². The van der Waals surface area contributed by atoms with E-state index in [9.17, 15) is 0 Å². The van der Waals surface area contributed by atoms with Crippen LogP contribution in [0, 0.1) is 0 Å². The molecule has 1 rings (SSSR count). The molecule has 0 aromatic heterocycles. The van der Waals surface area contributed by atoms with E-state index in [1.54, 1.807) is 0 Å². The van der Waals surface area contributed by atoms with Crippen LogP contribution in [0.4, 0.5) is 0 Å². The topological polar surface area (TPSA) is 3.24 Å². The predicted molar refractivity (Wildman–Crippen MR) is 79.9 cm³/mol. The van der Waals surface area contributed by atoms with Crippen LogP contribution in [0.1, 0.15) is 39.7 Å². The molecule has 94 valence electrons. The van der Waals surface area contributed by atoms with Gasteiger partial charge in [-0.3, -0.25) is 4.90 Å². The first-order valence-corrected chi connectivity index (χ1v) is 6.82. The monoisotopic (exact) mass is 231 g/mol. The van der Waals surface area contributed by atoms with Crippen LogP contribution in [0.25, 0.3) is 0 Å². The summed E-state index contributed by atoms with van der Waals surface area (Å²) in [5.41, 5.74) is 2.92. The number of hydrogen-bond donors (Lipinski definition) is 0. The summed E-state index contributed by atoms with van der Waals surface area (Å²) in [6.45, 7) is 10.3. The molecule has 0 aliphatic carbocycles. The van der Waals surface area contributed by atoms with Crippen LogP contribution in [0.5, 0.6) is 0 Å². The first-order chi connectivity index (χ1) is 8.02. The average molecular weight is 231 g/mol. The Morgan fingerprint density at radius 3 is 2.18 bits per heavy atom. The van der Waals surface area contributed by atoms with Gasteiger partial charge in [0.05, 0.1) is 0 Å². The van der Waals surface area contributed by atoms with Crippen molar-refractivity contribution in [2.75, 3.05) is 6.54 Å². The Labute approximate surface area is 108 Å². The molecule has 1 aromatic rings. The van der Waals surface area contributed by atoms with E-state index in [0.29, 0.717) is 12.1 Å². The third-order valence-corrected chi connectivity index (χ3v) is 3.45. The van der Waals surface area contributed by atoms with Gasteiger partial charge in [0.2, 0.25) is 0 Å². The Morgan fingerprint density at radius 2 is 1.65 bits per heavy atom. The van der Waals surface area contributed by atoms with Crippen LogP contribution >= 0.6 is 0 Å². The Bertz CT molecular complexity index is 325. The Hall–Kier alpha value is -0.755. The van der Waals surface area contributed by atoms with Crippen molar-refractivity contribution >= 4 is 13.3 Å². The molecule has 0 heterocycles. The Morgan fingerprint density at radius 1 is 1.06 bits per heavy atom. The summed E-state index contributed by atoms with van der Waals surface area (Å²) >= 11 is 0. The Kier molecular flexibility index (Phi) is 5.77. The first kappa shape index (κ1) is 14.3. The van der Waals surface area contributed by atoms with E-state index in [0.717, 1.165) is 0 Å². The number of benzene rings is 1. The van der Waals surface area contributed by atoms with Crippen LogP contribution in [0.3, 0.4) is 0 Å². The van der Waals surface area contributed by atoms with E-state index in [2.05, 4.69) is 64.7 Å². The minimum atomic E-state index is 0.645. The van der Waals surface area contributed by atoms with Crippen LogP contribution < -0.4 is 5.46 Å². The normalized spacial score (nSPS) is 11.7. The largest absolute Gasteiger partial charge is 0.299 e. The molecular formula is C15H26BN. The van der Waals surface area contributed by atoms with Gasteiger partial charge < -0.3 is 0 Å². The predicted octanol–water partition coefficient (Wildman–Crippen LogP) is 2.00. The van der Waals surface area contributed by atoms with E-state index < -0.39 is 0 Å². The van der Waals surface area contributed by atoms with Crippen molar-refractivity contribution in [3.05, 3.63) is 29.8 Å². The molecule has 0 N–H and O–H groups in total. The fourth-order valence-corrected chi connectivity index (χ4v) is 2.46. The minimum absolute atomic E-state index is 0.645. The van der Waals surface area contributed by atoms with Crippen molar-refractivity contribution in [1.82, 2.24) is 4.90 Å². The fourth-order valence-electron chi connectivity index (χ4n) is 2.46. The second-order valence-electron chi connectivity index (χ2n) is 5.46. The lowest BCUT2D eigenvalue weighted by Crippen LogP contribution is -2.37. The standard InChI is InChI=1S/C15H26BN/c1-12(2)17(13(3)4)11-7-9-14-8-5-6-10-15(14)16/h5-6,8,10,12-13H,7,9,11,16H2,1-4H3. The molecule has 0 aliphatic rings. The van der Waals surface area contributed by atoms with Crippen molar-refractivity contribution < 1.29 is 0 Å². The molecule has 0 aliphatic heterocycles. The van der Waals surface area contributed by atoms with Gasteiger partial charge in [-0.1, -0.05) is 35.3 Å². The summed E-state index contributed by atoms with van der Waals surface area (Å²) in [6, 6.07) is 10.0. The summed E-state index contributed by atoms with van der Waals surface area (Å²) in [7, 11) is 2.21. The summed E-state index contributed by atoms with van der Waals surface area (Å²) in [5.74, 6) is 0. The molecule has 0 saturated carbocycles. The molecule has 17 heavy (non-hydrogen) atoms. The van der Waals surface area contributed by atoms with Gasteiger partial charge in [0.1, 0.15) is 7.85 Å². The maximum Gasteiger partial charge on any atom is 0.139 e. The van der Waals surface area contributed by atoms with Gasteiger partial charge in [0, 0.05) is 12.1 Å². The zero-order chi connectivity index (χ0) is 12.8. The lowest BCUT2D eigenvalue weighted by molar-refractivity contribution is 0.173. The van der Waals surface area contributed by atoms with E-state index in [-0.39, 0.29) is 0 Å². The third-order valence-electron chi connectivity index (χ3n) is 3.45. The maximum atomic E-state index is 2.57. The third kappa shape index (κ3) is 4.55. The van der Waals surface area contributed by atoms with Crippen LogP contribution in [-0.4, -0.2) is 31.4 Å². The fraction of sp³-hybridized carbons (Fsp3) is 0.600. The van der Waals surface area contributed by atoms with Gasteiger partial charge in [-0.15, -0.1) is 0 Å². The summed E-state index contributed by atoms with van der Waals surface area (Å²) < 4.78 is 0. The van der Waals surface area contributed by atoms with Crippen molar-refractivity contribution in [2.24, 2.45) is 0 Å². The summed E-state index contributed by atoms with van der Waals surface area (Å²) in [5, 5.41) is 0. The zero-order valence-electron chi connectivity index (χ0n) is 12.0. The first-order valence-electron chi connectivity index (χ1n) is 6.82. The molecule has 0 unspecified atom stereocenters. The zero-order valence-corrected chi connectivity index (χ0v) is 12.0. The number of aryl methyl sites for hydroxylation is 1. The highest BCUT2D eigenvalue weighted by Gasteiger charge is 2.12. The summed E-state index contributed by atoms with van der Waals surface area (Å²) in [4.78, 5) is 2.57. The average Bonchev–Trinajstić information content (AvgIpc) is 2.25. The van der Waals surface area contributed by atoms with Crippen molar-refractivity contribution in [3.8, 4) is 0 Å². The number of nitrogens with zero attached hydrogens (tertiary/aromatic N) is 1. The highest BCUT2D eigenvalue weighted by molar-refractivity contribution is 6.33. The molecule has 0 atom stereocenters. The quantitative estimate of drug-likeness (QED) is 0.677. The van der Waals surface area contributed by atoms with Gasteiger partial charge in [0.15, 0.2) is 0 Å². The van der Waals surface area contributed by atoms with Crippen LogP contribution in [0.2, 0.25) is 0 Å². The van der Waals surface area contributed by atoms with Gasteiger partial charge >= 0.3 is 0 Å². The van der Waals surface area contributed by atoms with E-state index >= 15 is 0 Å². The molecule has 0 amide bonds. The molecule has 0 fully saturated rings. The highest BCUT2D eigenvalue weighted by Crippen LogP contribution is 2.08. The van der Waals surface area contributed by atoms with Gasteiger partial charge in [-0.2, -0.15) is 0 Å². The van der Waals surface area contributed by atoms with Crippen molar-refractivity contribution in [3.63, 3.8) is 0 Å². The van der Waals surface area contributed by atoms with E-state index in [1.165, 1.54) is 30.4 Å². The molecule has 0 bridgehead atoms. The van der Waals surface area contributed by atoms with Gasteiger partial charge in [-0.05, 0) is 47.1 Å². The molecule has 0 saturated heterocycles. The SMILES string of the molecule is Bc1ccccc1CCCN(C(C)C)C(C)C. The second-order valence-corrected chi connectivity index (χ2v) is 5.46. The van der Waals surface area contributed by atoms with Gasteiger partial charge in [0.25, 0.3) is 0 Å². The molecule has 1 aromatic carbocycles.